The van der Waals surface area contributed by atoms with Gasteiger partial charge in [-0.15, -0.1) is 0 Å². The van der Waals surface area contributed by atoms with Gasteiger partial charge < -0.3 is 11.1 Å². The van der Waals surface area contributed by atoms with Crippen molar-refractivity contribution in [2.75, 3.05) is 11.1 Å². The van der Waals surface area contributed by atoms with Gasteiger partial charge in [-0.3, -0.25) is 4.68 Å². The SMILES string of the molecule is Cc1nn(C)c(Nc2ccc(C#N)cc2Cl)c1N. The van der Waals surface area contributed by atoms with Gasteiger partial charge >= 0.3 is 0 Å². The number of aryl methyl sites for hydroxylation is 2. The maximum atomic E-state index is 8.77. The van der Waals surface area contributed by atoms with Gasteiger partial charge in [0.25, 0.3) is 0 Å². The van der Waals surface area contributed by atoms with Crippen molar-refractivity contribution in [3.05, 3.63) is 34.5 Å². The van der Waals surface area contributed by atoms with Gasteiger partial charge in [0.15, 0.2) is 5.82 Å². The van der Waals surface area contributed by atoms with Crippen LogP contribution in [-0.2, 0) is 7.05 Å². The van der Waals surface area contributed by atoms with Crippen LogP contribution < -0.4 is 11.1 Å². The van der Waals surface area contributed by atoms with Crippen LogP contribution in [0.15, 0.2) is 18.2 Å². The number of aromatic nitrogens is 2. The minimum Gasteiger partial charge on any atom is -0.394 e. The van der Waals surface area contributed by atoms with Crippen LogP contribution in [0.2, 0.25) is 5.02 Å². The van der Waals surface area contributed by atoms with Gasteiger partial charge in [-0.05, 0) is 25.1 Å². The summed E-state index contributed by atoms with van der Waals surface area (Å²) in [5.41, 5.74) is 8.45. The minimum atomic E-state index is 0.465. The highest BCUT2D eigenvalue weighted by Gasteiger charge is 2.11. The van der Waals surface area contributed by atoms with Crippen molar-refractivity contribution in [2.24, 2.45) is 7.05 Å². The lowest BCUT2D eigenvalue weighted by molar-refractivity contribution is 0.765. The second-order valence-electron chi connectivity index (χ2n) is 3.90. The van der Waals surface area contributed by atoms with Crippen LogP contribution in [0.3, 0.4) is 0 Å². The van der Waals surface area contributed by atoms with Gasteiger partial charge in [-0.25, -0.2) is 0 Å². The number of halogens is 1. The molecule has 6 heteroatoms. The number of nitriles is 1. The third-order valence-electron chi connectivity index (χ3n) is 2.62. The summed E-state index contributed by atoms with van der Waals surface area (Å²) in [6.45, 7) is 1.83. The fourth-order valence-corrected chi connectivity index (χ4v) is 1.86. The molecular weight excluding hydrogens is 250 g/mol. The van der Waals surface area contributed by atoms with Gasteiger partial charge in [0.2, 0.25) is 0 Å². The number of nitrogens with two attached hydrogens (primary N) is 1. The third kappa shape index (κ3) is 2.11. The molecule has 0 fully saturated rings. The summed E-state index contributed by atoms with van der Waals surface area (Å²) in [6, 6.07) is 7.06. The molecule has 0 unspecified atom stereocenters. The van der Waals surface area contributed by atoms with E-state index in [2.05, 4.69) is 10.4 Å². The Bertz CT molecular complexity index is 639. The molecule has 18 heavy (non-hydrogen) atoms. The fourth-order valence-electron chi connectivity index (χ4n) is 1.64. The zero-order valence-corrected chi connectivity index (χ0v) is 10.8. The topological polar surface area (TPSA) is 79.7 Å². The van der Waals surface area contributed by atoms with Gasteiger partial charge in [0, 0.05) is 7.05 Å². The second-order valence-corrected chi connectivity index (χ2v) is 4.31. The molecule has 0 saturated heterocycles. The van der Waals surface area contributed by atoms with Gasteiger partial charge in [-0.1, -0.05) is 11.6 Å². The van der Waals surface area contributed by atoms with E-state index < -0.39 is 0 Å². The van der Waals surface area contributed by atoms with Crippen molar-refractivity contribution in [3.63, 3.8) is 0 Å². The lowest BCUT2D eigenvalue weighted by Crippen LogP contribution is -2.01. The van der Waals surface area contributed by atoms with Crippen molar-refractivity contribution in [2.45, 2.75) is 6.92 Å². The number of hydrogen-bond donors (Lipinski definition) is 2. The number of benzene rings is 1. The standard InChI is InChI=1S/C12H12ClN5/c1-7-11(15)12(18(2)17-7)16-10-4-3-8(6-14)5-9(10)13/h3-5,16H,15H2,1-2H3. The third-order valence-corrected chi connectivity index (χ3v) is 2.93. The number of nitrogens with zero attached hydrogens (tertiary/aromatic N) is 3. The van der Waals surface area contributed by atoms with E-state index in [1.165, 1.54) is 0 Å². The molecule has 5 nitrogen and oxygen atoms in total. The lowest BCUT2D eigenvalue weighted by atomic mass is 10.2. The number of hydrogen-bond acceptors (Lipinski definition) is 4. The Morgan fingerprint density at radius 1 is 1.50 bits per heavy atom. The Morgan fingerprint density at radius 2 is 2.22 bits per heavy atom. The summed E-state index contributed by atoms with van der Waals surface area (Å²) in [5.74, 6) is 0.680. The molecule has 2 rings (SSSR count). The van der Waals surface area contributed by atoms with E-state index in [0.29, 0.717) is 27.8 Å². The van der Waals surface area contributed by atoms with Crippen LogP contribution in [-0.4, -0.2) is 9.78 Å². The fraction of sp³-hybridized carbons (Fsp3) is 0.167. The molecule has 0 radical (unpaired) electrons. The van der Waals surface area contributed by atoms with Crippen LogP contribution in [0.4, 0.5) is 17.2 Å². The molecule has 0 atom stereocenters. The first-order valence-electron chi connectivity index (χ1n) is 5.28. The normalized spacial score (nSPS) is 10.1. The van der Waals surface area contributed by atoms with Crippen LogP contribution in [0.1, 0.15) is 11.3 Å². The van der Waals surface area contributed by atoms with Crippen LogP contribution in [0, 0.1) is 18.3 Å². The monoisotopic (exact) mass is 261 g/mol. The molecule has 0 bridgehead atoms. The van der Waals surface area contributed by atoms with Crippen LogP contribution in [0.5, 0.6) is 0 Å². The van der Waals surface area contributed by atoms with Crippen molar-refractivity contribution in [1.82, 2.24) is 9.78 Å². The molecule has 0 aliphatic carbocycles. The Balaban J connectivity index is 2.38. The van der Waals surface area contributed by atoms with Crippen molar-refractivity contribution in [3.8, 4) is 6.07 Å². The molecule has 0 aliphatic heterocycles. The zero-order chi connectivity index (χ0) is 13.3. The summed E-state index contributed by atoms with van der Waals surface area (Å²) in [6.07, 6.45) is 0. The minimum absolute atomic E-state index is 0.465. The Hall–Kier alpha value is -2.19. The average Bonchev–Trinajstić information content (AvgIpc) is 2.58. The molecule has 0 spiro atoms. The Labute approximate surface area is 110 Å². The quantitative estimate of drug-likeness (QED) is 0.871. The highest BCUT2D eigenvalue weighted by Crippen LogP contribution is 2.30. The average molecular weight is 262 g/mol. The first-order chi connectivity index (χ1) is 8.52. The maximum Gasteiger partial charge on any atom is 0.152 e. The van der Waals surface area contributed by atoms with E-state index in [9.17, 15) is 0 Å². The summed E-state index contributed by atoms with van der Waals surface area (Å²) in [5, 5.41) is 16.6. The van der Waals surface area contributed by atoms with Crippen LogP contribution >= 0.6 is 11.6 Å². The number of nitrogen functional groups attached to an aromatic ring is 1. The van der Waals surface area contributed by atoms with Gasteiger partial charge in [0.05, 0.1) is 33.7 Å². The highest BCUT2D eigenvalue weighted by molar-refractivity contribution is 6.33. The number of rotatable bonds is 2. The number of nitrogens with one attached hydrogen (secondary N) is 1. The van der Waals surface area contributed by atoms with Crippen molar-refractivity contribution >= 4 is 28.8 Å². The largest absolute Gasteiger partial charge is 0.394 e. The van der Waals surface area contributed by atoms with E-state index in [1.807, 2.05) is 13.0 Å². The maximum absolute atomic E-state index is 8.77. The molecule has 0 aliphatic rings. The molecule has 1 aromatic heterocycles. The van der Waals surface area contributed by atoms with E-state index in [4.69, 9.17) is 22.6 Å². The first kappa shape index (κ1) is 12.3. The second kappa shape index (κ2) is 4.59. The molecular formula is C12H12ClN5. The summed E-state index contributed by atoms with van der Waals surface area (Å²) in [4.78, 5) is 0. The van der Waals surface area contributed by atoms with E-state index in [1.54, 1.807) is 29.9 Å². The van der Waals surface area contributed by atoms with Crippen LogP contribution in [0.25, 0.3) is 0 Å². The predicted molar refractivity (Wildman–Crippen MR) is 71.8 cm³/mol. The molecule has 0 saturated carbocycles. The molecule has 1 aromatic carbocycles. The van der Waals surface area contributed by atoms with Gasteiger partial charge in [-0.2, -0.15) is 10.4 Å². The number of anilines is 3. The van der Waals surface area contributed by atoms with Gasteiger partial charge in [0.1, 0.15) is 0 Å². The zero-order valence-electron chi connectivity index (χ0n) is 10.0. The smallest absolute Gasteiger partial charge is 0.152 e. The molecule has 2 aromatic rings. The molecule has 92 valence electrons. The van der Waals surface area contributed by atoms with Crippen molar-refractivity contribution < 1.29 is 0 Å². The summed E-state index contributed by atoms with van der Waals surface area (Å²) < 4.78 is 1.65. The lowest BCUT2D eigenvalue weighted by Gasteiger charge is -2.09. The molecule has 1 heterocycles. The Morgan fingerprint density at radius 3 is 2.72 bits per heavy atom. The molecule has 3 N–H and O–H groups in total. The first-order valence-corrected chi connectivity index (χ1v) is 5.66. The van der Waals surface area contributed by atoms with Crippen molar-refractivity contribution in [1.29, 1.82) is 5.26 Å². The van der Waals surface area contributed by atoms with E-state index >= 15 is 0 Å². The van der Waals surface area contributed by atoms with E-state index in [0.717, 1.165) is 5.69 Å². The molecule has 0 amide bonds. The van der Waals surface area contributed by atoms with E-state index in [-0.39, 0.29) is 0 Å². The summed E-state index contributed by atoms with van der Waals surface area (Å²) in [7, 11) is 1.79. The Kier molecular flexibility index (Phi) is 3.13. The predicted octanol–water partition coefficient (Wildman–Crippen LogP) is 2.58. The highest BCUT2D eigenvalue weighted by atomic mass is 35.5. The summed E-state index contributed by atoms with van der Waals surface area (Å²) >= 11 is 6.09.